The Morgan fingerprint density at radius 3 is 0.800 bits per heavy atom. The Kier molecular flexibility index (Phi) is 17.1. The van der Waals surface area contributed by atoms with E-state index in [4.69, 9.17) is 129 Å². The van der Waals surface area contributed by atoms with Crippen LogP contribution in [0, 0.1) is 70.9 Å². The van der Waals surface area contributed by atoms with Gasteiger partial charge in [0.25, 0.3) is 0 Å². The number of esters is 4. The summed E-state index contributed by atoms with van der Waals surface area (Å²) in [7, 11) is -0.0602. The van der Waals surface area contributed by atoms with Gasteiger partial charge in [-0.25, -0.2) is 0 Å². The number of benzene rings is 4. The van der Waals surface area contributed by atoms with Crippen LogP contribution in [0.4, 0.5) is 0 Å². The molecule has 0 amide bonds. The lowest BCUT2D eigenvalue weighted by Gasteiger charge is -2.47. The highest BCUT2D eigenvalue weighted by atomic mass is 16.6. The number of nitrogens with two attached hydrogens (primary N) is 4. The number of carbonyl (C=O) groups excluding carboxylic acids is 4. The highest BCUT2D eigenvalue weighted by Gasteiger charge is 2.47. The molecule has 4 aromatic rings. The van der Waals surface area contributed by atoms with Gasteiger partial charge in [0, 0.05) is 175 Å². The standard InChI is InChI=1S/4C24H38N2O4/c4*1-14(2)9-17-13-26-8-7-16-10-21(28-5)22(29-6)11-18(16)19(26)12-20(17)30-24(27)23(25)15(3)4/h4*10-11,14-15,17,19-20,23H,7-9,12-13,25H2,1-6H3/t4*17?,19?,20?,23-/m0000/s1/i5D3,7D2,8D2,10D,11D,12D2,13D2,17D,20D;2*7D2,8D2,10D,11D,12D2,13D2,17D,20D;5D3,7D2,8D2,10D,11D,12D2,13D2,17D. The number of carbonyl (C=O) groups is 4. The summed E-state index contributed by atoms with van der Waals surface area (Å²) in [5.74, 6) is -26.9. The lowest BCUT2D eigenvalue weighted by molar-refractivity contribution is -0.161. The molecule has 0 aromatic heterocycles. The van der Waals surface area contributed by atoms with Crippen molar-refractivity contribution in [2.75, 3.05) is 109 Å². The van der Waals surface area contributed by atoms with Gasteiger partial charge in [-0.1, -0.05) is 111 Å². The molecule has 8 heterocycles. The quantitative estimate of drug-likeness (QED) is 0.0303. The first kappa shape index (κ1) is 46.7. The Hall–Kier alpha value is -7.16. The number of ether oxygens (including phenoxy) is 12. The van der Waals surface area contributed by atoms with Crippen molar-refractivity contribution in [3.05, 3.63) is 92.8 Å². The lowest BCUT2D eigenvalue weighted by Crippen LogP contribution is -2.51. The zero-order valence-electron chi connectivity index (χ0n) is 125. The van der Waals surface area contributed by atoms with Crippen LogP contribution in [0.5, 0.6) is 46.0 Å². The van der Waals surface area contributed by atoms with Crippen molar-refractivity contribution in [2.24, 2.45) is 93.9 Å². The van der Waals surface area contributed by atoms with Gasteiger partial charge in [0.15, 0.2) is 46.0 Å². The van der Waals surface area contributed by atoms with E-state index >= 15 is 0 Å². The summed E-state index contributed by atoms with van der Waals surface area (Å²) in [6.45, 7) is -2.75. The molecule has 8 N–H and O–H groups in total. The minimum Gasteiger partial charge on any atom is -0.493 e. The van der Waals surface area contributed by atoms with Gasteiger partial charge in [0.05, 0.1) is 80.0 Å². The molecular formula is C96H152N8O16. The van der Waals surface area contributed by atoms with Gasteiger partial charge in [-0.15, -0.1) is 0 Å². The zero-order valence-corrected chi connectivity index (χ0v) is 71.8. The third-order valence-electron chi connectivity index (χ3n) is 19.2. The van der Waals surface area contributed by atoms with E-state index in [0.717, 1.165) is 42.7 Å². The fraction of sp³-hybridized carbons (Fsp3) is 0.708. The first-order valence-corrected chi connectivity index (χ1v) is 39.3. The van der Waals surface area contributed by atoms with E-state index in [0.29, 0.717) is 0 Å². The van der Waals surface area contributed by atoms with Crippen molar-refractivity contribution in [1.82, 2.24) is 19.6 Å². The SMILES string of the molecule is [2H]c1c(OC)c(OC([2H])([2H])[2H])c([2H])c2c1C1N(C([2H])([2H])C2([2H])[2H])C([2H])([2H])C([2H])(CC(C)C)C(OC(=O)[C@@H](N)C(C)C)C1([2H])[2H].[2H]c1c(OC)c(OC([2H])([2H])[2H])c([2H])c2c1C1N(C([2H])([2H])C2([2H])[2H])C([2H])([2H])C([2H])(CC(C)C)C([2H])(OC(=O)[C@@H](N)C(C)C)C1([2H])[2H].[2H]c1c(OC)c(OC)c([2H])c2c1C1N(C([2H])([2H])C2([2H])[2H])C([2H])([2H])C([2H])(CC(C)C)C([2H])(OC(=O)[C@@H](N)C(C)C)C1([2H])[2H].[2H]c1c(OC)c(OC)c([2H])c2c1C1N(C([2H])([2H])C2([2H])[2H])C([2H])([2H])C([2H])(CC(C)C)C([2H])(OC(=O)[C@@H](N)C(C)C)C1([2H])[2H]. The minimum atomic E-state index is -3.63. The highest BCUT2D eigenvalue weighted by Crippen LogP contribution is 2.50. The molecule has 0 spiro atoms. The largest absolute Gasteiger partial charge is 0.493 e. The maximum absolute atomic E-state index is 13.2. The van der Waals surface area contributed by atoms with E-state index in [9.17, 15) is 42.5 Å². The number of fused-ring (bicyclic) bond motifs is 12. The van der Waals surface area contributed by atoms with Crippen LogP contribution in [0.25, 0.3) is 0 Å². The van der Waals surface area contributed by atoms with Gasteiger partial charge in [-0.05, 0) is 191 Å². The molecule has 16 atom stereocenters. The van der Waals surface area contributed by atoms with E-state index in [-0.39, 0.29) is 19.6 Å². The fourth-order valence-corrected chi connectivity index (χ4v) is 12.4. The van der Waals surface area contributed by atoms with Gasteiger partial charge in [-0.3, -0.25) is 38.8 Å². The maximum atomic E-state index is 13.2. The van der Waals surface area contributed by atoms with Crippen molar-refractivity contribution in [2.45, 2.75) is 260 Å². The average molecular weight is 1730 g/mol. The van der Waals surface area contributed by atoms with Crippen LogP contribution in [-0.2, 0) is 63.6 Å². The molecular weight excluding hydrogens is 1520 g/mol. The second-order valence-corrected chi connectivity index (χ2v) is 31.8. The van der Waals surface area contributed by atoms with Gasteiger partial charge in [-0.2, -0.15) is 0 Å². The van der Waals surface area contributed by atoms with Gasteiger partial charge >= 0.3 is 23.9 Å². The third-order valence-corrected chi connectivity index (χ3v) is 19.2. The molecule has 24 nitrogen and oxygen atoms in total. The molecule has 4 aromatic carbocycles. The second-order valence-electron chi connectivity index (χ2n) is 31.8. The number of rotatable bonds is 28. The zero-order chi connectivity index (χ0) is 135. The number of piperidine rings is 4. The molecule has 0 saturated carbocycles. The van der Waals surface area contributed by atoms with Crippen molar-refractivity contribution in [3.63, 3.8) is 0 Å². The maximum Gasteiger partial charge on any atom is 0.323 e. The average Bonchev–Trinajstić information content (AvgIpc) is 0.654. The summed E-state index contributed by atoms with van der Waals surface area (Å²) in [6, 6.07) is -22.2. The van der Waals surface area contributed by atoms with Gasteiger partial charge in [0.1, 0.15) is 48.5 Å². The predicted molar refractivity (Wildman–Crippen MR) is 471 cm³/mol. The summed E-state index contributed by atoms with van der Waals surface area (Å²) < 4.78 is 533. The lowest BCUT2D eigenvalue weighted by atomic mass is 9.79. The molecule has 672 valence electrons. The number of hydrogen-bond acceptors (Lipinski definition) is 24. The van der Waals surface area contributed by atoms with Crippen LogP contribution >= 0.6 is 0 Å². The van der Waals surface area contributed by atoms with Crippen LogP contribution in [-0.4, -0.2) is 201 Å². The summed E-state index contributed by atoms with van der Waals surface area (Å²) in [5.41, 5.74) is 17.1. The molecule has 12 rings (SSSR count). The Morgan fingerprint density at radius 1 is 0.350 bits per heavy atom. The summed E-state index contributed by atoms with van der Waals surface area (Å²) in [4.78, 5) is 53.4. The monoisotopic (exact) mass is 1730 g/mol. The fourth-order valence-electron chi connectivity index (χ4n) is 12.4. The molecule has 4 fully saturated rings. The number of nitrogens with zero attached hydrogens (tertiary/aromatic N) is 4. The summed E-state index contributed by atoms with van der Waals surface area (Å²) >= 11 is 0. The van der Waals surface area contributed by atoms with E-state index in [1.165, 1.54) is 27.7 Å². The van der Waals surface area contributed by atoms with E-state index in [2.05, 4.69) is 0 Å². The van der Waals surface area contributed by atoms with Gasteiger partial charge < -0.3 is 79.8 Å². The number of methoxy groups -OCH3 is 8. The normalized spacial score (nSPS) is 42.6. The molecule has 0 aliphatic carbocycles. The summed E-state index contributed by atoms with van der Waals surface area (Å²) in [6.07, 6.45) is -41.9. The molecule has 8 aliphatic rings. The molecule has 12 unspecified atom stereocenters. The molecule has 0 radical (unpaired) electrons. The smallest absolute Gasteiger partial charge is 0.323 e. The van der Waals surface area contributed by atoms with Crippen LogP contribution in [0.15, 0.2) is 48.3 Å². The van der Waals surface area contributed by atoms with Crippen LogP contribution < -0.4 is 60.8 Å². The van der Waals surface area contributed by atoms with Crippen LogP contribution in [0.3, 0.4) is 0 Å². The Morgan fingerprint density at radius 2 is 0.567 bits per heavy atom. The molecule has 8 aliphatic heterocycles. The first-order valence-electron chi connectivity index (χ1n) is 65.8. The third kappa shape index (κ3) is 23.8. The Labute approximate surface area is 793 Å². The van der Waals surface area contributed by atoms with E-state index < -0.39 is 449 Å². The van der Waals surface area contributed by atoms with Gasteiger partial charge in [0.2, 0.25) is 0 Å². The Bertz CT molecular complexity index is 6540. The minimum absolute atomic E-state index is 0.0852. The molecule has 4 saturated heterocycles. The Balaban J connectivity index is 0.000000253. The van der Waals surface area contributed by atoms with Crippen molar-refractivity contribution < 1.29 is 149 Å². The van der Waals surface area contributed by atoms with E-state index in [1.807, 2.05) is 0 Å². The number of hydrogen-bond donors (Lipinski definition) is 4. The second kappa shape index (κ2) is 43.9. The molecule has 0 bridgehead atoms. The van der Waals surface area contributed by atoms with E-state index in [1.54, 1.807) is 83.1 Å². The van der Waals surface area contributed by atoms with Crippen molar-refractivity contribution >= 4 is 23.9 Å². The predicted octanol–water partition coefficient (Wildman–Crippen LogP) is 14.3. The highest BCUT2D eigenvalue weighted by molar-refractivity contribution is 5.77. The van der Waals surface area contributed by atoms with Crippen LogP contribution in [0.1, 0.15) is 303 Å². The van der Waals surface area contributed by atoms with Crippen molar-refractivity contribution in [3.8, 4) is 46.0 Å². The first-order chi connectivity index (χ1) is 77.4. The molecule has 24 heteroatoms. The topological polar surface area (TPSA) is 296 Å². The molecule has 120 heavy (non-hydrogen) atoms. The summed E-state index contributed by atoms with van der Waals surface area (Å²) in [5, 5.41) is 0. The van der Waals surface area contributed by atoms with Crippen LogP contribution in [0.2, 0.25) is 0 Å². The van der Waals surface area contributed by atoms with Crippen molar-refractivity contribution in [1.29, 1.82) is 0 Å².